The highest BCUT2D eigenvalue weighted by molar-refractivity contribution is 5.95. The van der Waals surface area contributed by atoms with Crippen molar-refractivity contribution < 1.29 is 28.8 Å². The van der Waals surface area contributed by atoms with Gasteiger partial charge >= 0.3 is 11.9 Å². The Hall–Kier alpha value is -3.42. The van der Waals surface area contributed by atoms with E-state index < -0.39 is 17.8 Å². The van der Waals surface area contributed by atoms with Crippen molar-refractivity contribution in [3.63, 3.8) is 0 Å². The van der Waals surface area contributed by atoms with E-state index in [1.807, 2.05) is 0 Å². The molecule has 1 aromatic carbocycles. The molecule has 1 amide bonds. The quantitative estimate of drug-likeness (QED) is 0.707. The van der Waals surface area contributed by atoms with Crippen LogP contribution in [0.5, 0.6) is 0 Å². The van der Waals surface area contributed by atoms with Crippen molar-refractivity contribution in [2.75, 3.05) is 31.7 Å². The number of hydrogen-bond donors (Lipinski definition) is 1. The Morgan fingerprint density at radius 3 is 2.48 bits per heavy atom. The zero-order chi connectivity index (χ0) is 20.6. The number of hydrogen-bond acceptors (Lipinski definition) is 6. The van der Waals surface area contributed by atoms with E-state index in [1.165, 1.54) is 7.11 Å². The second-order valence-electron chi connectivity index (χ2n) is 6.67. The number of methoxy groups -OCH3 is 1. The minimum Gasteiger partial charge on any atom is -0.465 e. The second-order valence-corrected chi connectivity index (χ2v) is 6.67. The molecule has 2 heterocycles. The normalized spacial score (nSPS) is 13.1. The average molecular weight is 398 g/mol. The topological polar surface area (TPSA) is 99.1 Å². The van der Waals surface area contributed by atoms with Crippen molar-refractivity contribution >= 4 is 23.7 Å². The molecule has 8 heteroatoms. The minimum atomic E-state index is -0.540. The van der Waals surface area contributed by atoms with Crippen LogP contribution in [0.2, 0.25) is 0 Å². The van der Waals surface area contributed by atoms with Crippen LogP contribution < -0.4 is 15.2 Å². The number of amides is 1. The van der Waals surface area contributed by atoms with Crippen LogP contribution in [0.4, 0.5) is 5.82 Å². The lowest BCUT2D eigenvalue weighted by molar-refractivity contribution is -0.364. The maximum atomic E-state index is 12.4. The van der Waals surface area contributed by atoms with Gasteiger partial charge in [-0.05, 0) is 42.7 Å². The van der Waals surface area contributed by atoms with E-state index >= 15 is 0 Å². The lowest BCUT2D eigenvalue weighted by atomic mass is 10.1. The highest BCUT2D eigenvalue weighted by Gasteiger charge is 2.27. The Kier molecular flexibility index (Phi) is 6.78. The summed E-state index contributed by atoms with van der Waals surface area (Å²) >= 11 is 0. The SMILES string of the molecule is COC(=O)c1ccc(CNC(=O)COC(=O)c2ccc[nH+]c2N2CCCC2)cc1. The molecular weight excluding hydrogens is 374 g/mol. The van der Waals surface area contributed by atoms with Crippen molar-refractivity contribution in [3.05, 3.63) is 59.3 Å². The number of nitrogens with zero attached hydrogens (tertiary/aromatic N) is 1. The van der Waals surface area contributed by atoms with E-state index in [0.717, 1.165) is 37.3 Å². The van der Waals surface area contributed by atoms with Gasteiger partial charge in [-0.3, -0.25) is 9.69 Å². The van der Waals surface area contributed by atoms with Gasteiger partial charge in [-0.1, -0.05) is 12.1 Å². The third-order valence-electron chi connectivity index (χ3n) is 4.68. The van der Waals surface area contributed by atoms with Crippen LogP contribution in [0.15, 0.2) is 42.6 Å². The molecule has 2 aromatic rings. The number of carbonyl (C=O) groups is 3. The lowest BCUT2D eigenvalue weighted by Crippen LogP contribution is -2.31. The predicted octanol–water partition coefficient (Wildman–Crippen LogP) is 1.36. The number of rotatable bonds is 7. The van der Waals surface area contributed by atoms with Crippen molar-refractivity contribution in [1.29, 1.82) is 0 Å². The fourth-order valence-electron chi connectivity index (χ4n) is 3.13. The largest absolute Gasteiger partial charge is 0.465 e. The van der Waals surface area contributed by atoms with E-state index in [0.29, 0.717) is 11.1 Å². The van der Waals surface area contributed by atoms with E-state index in [4.69, 9.17) is 4.74 Å². The molecule has 29 heavy (non-hydrogen) atoms. The van der Waals surface area contributed by atoms with Crippen molar-refractivity contribution in [1.82, 2.24) is 5.32 Å². The monoisotopic (exact) mass is 398 g/mol. The Morgan fingerprint density at radius 1 is 1.07 bits per heavy atom. The molecule has 1 aromatic heterocycles. The molecule has 8 nitrogen and oxygen atoms in total. The average Bonchev–Trinajstić information content (AvgIpc) is 3.30. The summed E-state index contributed by atoms with van der Waals surface area (Å²) in [6, 6.07) is 10.1. The van der Waals surface area contributed by atoms with Gasteiger partial charge in [-0.2, -0.15) is 0 Å². The first-order valence-electron chi connectivity index (χ1n) is 9.45. The number of pyridine rings is 1. The van der Waals surface area contributed by atoms with Crippen LogP contribution in [0, 0.1) is 0 Å². The summed E-state index contributed by atoms with van der Waals surface area (Å²) in [5.74, 6) is -0.639. The summed E-state index contributed by atoms with van der Waals surface area (Å²) < 4.78 is 9.83. The van der Waals surface area contributed by atoms with E-state index in [9.17, 15) is 14.4 Å². The number of aromatic nitrogens is 1. The molecule has 1 aliphatic heterocycles. The third kappa shape index (κ3) is 5.31. The van der Waals surface area contributed by atoms with Gasteiger partial charge in [0.15, 0.2) is 6.61 Å². The van der Waals surface area contributed by atoms with Crippen molar-refractivity contribution in [2.24, 2.45) is 0 Å². The van der Waals surface area contributed by atoms with Gasteiger partial charge < -0.3 is 14.8 Å². The second kappa shape index (κ2) is 9.68. The highest BCUT2D eigenvalue weighted by Crippen LogP contribution is 2.20. The first-order chi connectivity index (χ1) is 14.1. The molecule has 1 saturated heterocycles. The Labute approximate surface area is 168 Å². The number of nitrogens with one attached hydrogen (secondary N) is 2. The van der Waals surface area contributed by atoms with Crippen LogP contribution >= 0.6 is 0 Å². The van der Waals surface area contributed by atoms with Gasteiger partial charge in [0.2, 0.25) is 0 Å². The van der Waals surface area contributed by atoms with E-state index in [2.05, 4.69) is 19.9 Å². The van der Waals surface area contributed by atoms with Crippen LogP contribution in [0.1, 0.15) is 39.1 Å². The molecule has 3 rings (SSSR count). The maximum Gasteiger partial charge on any atom is 0.347 e. The Balaban J connectivity index is 1.49. The molecule has 152 valence electrons. The fraction of sp³-hybridized carbons (Fsp3) is 0.333. The van der Waals surface area contributed by atoms with Gasteiger partial charge in [0, 0.05) is 6.54 Å². The lowest BCUT2D eigenvalue weighted by Gasteiger charge is -2.12. The summed E-state index contributed by atoms with van der Waals surface area (Å²) in [5, 5.41) is 2.69. The van der Waals surface area contributed by atoms with Crippen LogP contribution in [-0.4, -0.2) is 44.7 Å². The number of esters is 2. The van der Waals surface area contributed by atoms with Gasteiger partial charge in [-0.25, -0.2) is 14.6 Å². The fourth-order valence-corrected chi connectivity index (χ4v) is 3.13. The van der Waals surface area contributed by atoms with E-state index in [1.54, 1.807) is 42.6 Å². The molecule has 0 atom stereocenters. The Bertz CT molecular complexity index is 876. The third-order valence-corrected chi connectivity index (χ3v) is 4.68. The molecule has 0 radical (unpaired) electrons. The van der Waals surface area contributed by atoms with Crippen LogP contribution in [-0.2, 0) is 20.8 Å². The summed E-state index contributed by atoms with van der Waals surface area (Å²) in [4.78, 5) is 41.1. The first-order valence-corrected chi connectivity index (χ1v) is 9.45. The highest BCUT2D eigenvalue weighted by atomic mass is 16.5. The summed E-state index contributed by atoms with van der Waals surface area (Å²) in [6.45, 7) is 1.66. The molecule has 1 fully saturated rings. The Morgan fingerprint density at radius 2 is 1.79 bits per heavy atom. The van der Waals surface area contributed by atoms with Gasteiger partial charge in [0.1, 0.15) is 5.56 Å². The number of benzene rings is 1. The molecule has 0 bridgehead atoms. The summed E-state index contributed by atoms with van der Waals surface area (Å²) in [5.41, 5.74) is 1.66. The summed E-state index contributed by atoms with van der Waals surface area (Å²) in [7, 11) is 1.32. The zero-order valence-corrected chi connectivity index (χ0v) is 16.3. The number of carbonyl (C=O) groups excluding carboxylic acids is 3. The molecule has 0 saturated carbocycles. The maximum absolute atomic E-state index is 12.4. The number of anilines is 1. The molecule has 0 spiro atoms. The van der Waals surface area contributed by atoms with Gasteiger partial charge in [0.05, 0.1) is 32.0 Å². The standard InChI is InChI=1S/C21H23N3O5/c1-28-20(26)16-8-6-15(7-9-16)13-23-18(25)14-29-21(27)17-5-4-10-22-19(17)24-11-2-3-12-24/h4-10H,2-3,11-14H2,1H3,(H,23,25)/p+1. The van der Waals surface area contributed by atoms with E-state index in [-0.39, 0.29) is 13.2 Å². The smallest absolute Gasteiger partial charge is 0.347 e. The van der Waals surface area contributed by atoms with Crippen molar-refractivity contribution in [3.8, 4) is 0 Å². The number of H-pyrrole nitrogens is 1. The van der Waals surface area contributed by atoms with Crippen molar-refractivity contribution in [2.45, 2.75) is 19.4 Å². The molecule has 1 aliphatic rings. The minimum absolute atomic E-state index is 0.260. The number of ether oxygens (including phenoxy) is 2. The van der Waals surface area contributed by atoms with Gasteiger partial charge in [0.25, 0.3) is 11.7 Å². The zero-order valence-electron chi connectivity index (χ0n) is 16.3. The predicted molar refractivity (Wildman–Crippen MR) is 104 cm³/mol. The molecule has 0 unspecified atom stereocenters. The van der Waals surface area contributed by atoms with Crippen LogP contribution in [0.25, 0.3) is 0 Å². The number of aromatic amines is 1. The molecule has 2 N–H and O–H groups in total. The molecule has 0 aliphatic carbocycles. The molecular formula is C21H24N3O5+. The first kappa shape index (κ1) is 20.3. The van der Waals surface area contributed by atoms with Gasteiger partial charge in [-0.15, -0.1) is 0 Å². The van der Waals surface area contributed by atoms with Crippen LogP contribution in [0.3, 0.4) is 0 Å². The summed E-state index contributed by atoms with van der Waals surface area (Å²) in [6.07, 6.45) is 3.93.